The van der Waals surface area contributed by atoms with Crippen molar-refractivity contribution in [3.8, 4) is 5.88 Å². The summed E-state index contributed by atoms with van der Waals surface area (Å²) in [4.78, 5) is 10.6. The summed E-state index contributed by atoms with van der Waals surface area (Å²) < 4.78 is 6.48. The van der Waals surface area contributed by atoms with Gasteiger partial charge in [-0.2, -0.15) is 4.68 Å². The van der Waals surface area contributed by atoms with E-state index in [-0.39, 0.29) is 0 Å². The first-order valence-electron chi connectivity index (χ1n) is 6.16. The lowest BCUT2D eigenvalue weighted by atomic mass is 9.99. The molecule has 1 N–H and O–H groups in total. The minimum absolute atomic E-state index is 0.415. The van der Waals surface area contributed by atoms with Crippen molar-refractivity contribution in [2.45, 2.75) is 25.7 Å². The van der Waals surface area contributed by atoms with E-state index in [1.807, 2.05) is 0 Å². The third kappa shape index (κ3) is 2.43. The van der Waals surface area contributed by atoms with Gasteiger partial charge < -0.3 is 9.84 Å². The third-order valence-electron chi connectivity index (χ3n) is 3.64. The molecule has 5 nitrogen and oxygen atoms in total. The fraction of sp³-hybridized carbons (Fsp3) is 0.667. The van der Waals surface area contributed by atoms with Crippen LogP contribution in [0.1, 0.15) is 25.7 Å². The quantitative estimate of drug-likeness (QED) is 0.851. The summed E-state index contributed by atoms with van der Waals surface area (Å²) in [5.74, 6) is 2.75. The standard InChI is InChI=1S/C12H16N2O3/c15-12(16)14-6-5-11(13-14)17-7-10(8-1-2-8)9-3-4-9/h5-6,8-10H,1-4,7H2,(H,15,16). The first-order valence-corrected chi connectivity index (χ1v) is 6.16. The fourth-order valence-electron chi connectivity index (χ4n) is 2.38. The molecule has 92 valence electrons. The van der Waals surface area contributed by atoms with Crippen LogP contribution in [0.3, 0.4) is 0 Å². The Hall–Kier alpha value is -1.52. The van der Waals surface area contributed by atoms with Gasteiger partial charge in [-0.05, 0) is 43.4 Å². The maximum absolute atomic E-state index is 10.6. The topological polar surface area (TPSA) is 64.3 Å². The molecule has 0 saturated heterocycles. The van der Waals surface area contributed by atoms with Crippen molar-refractivity contribution >= 4 is 6.09 Å². The minimum atomic E-state index is -1.08. The molecule has 0 radical (unpaired) electrons. The van der Waals surface area contributed by atoms with Crippen LogP contribution < -0.4 is 4.74 Å². The first-order chi connectivity index (χ1) is 8.24. The second-order valence-corrected chi connectivity index (χ2v) is 5.03. The van der Waals surface area contributed by atoms with E-state index < -0.39 is 6.09 Å². The van der Waals surface area contributed by atoms with E-state index in [2.05, 4.69) is 5.10 Å². The van der Waals surface area contributed by atoms with Gasteiger partial charge in [0, 0.05) is 12.3 Å². The van der Waals surface area contributed by atoms with E-state index in [9.17, 15) is 4.79 Å². The van der Waals surface area contributed by atoms with Gasteiger partial charge in [-0.15, -0.1) is 5.10 Å². The van der Waals surface area contributed by atoms with Gasteiger partial charge in [-0.1, -0.05) is 0 Å². The highest BCUT2D eigenvalue weighted by atomic mass is 16.5. The van der Waals surface area contributed by atoms with Crippen LogP contribution in [0, 0.1) is 17.8 Å². The Bertz CT molecular complexity index is 409. The molecule has 0 atom stereocenters. The van der Waals surface area contributed by atoms with Crippen molar-refractivity contribution < 1.29 is 14.6 Å². The number of nitrogens with zero attached hydrogens (tertiary/aromatic N) is 2. The molecule has 1 aromatic heterocycles. The van der Waals surface area contributed by atoms with Crippen LogP contribution in [0.25, 0.3) is 0 Å². The van der Waals surface area contributed by atoms with Gasteiger partial charge in [0.25, 0.3) is 0 Å². The summed E-state index contributed by atoms with van der Waals surface area (Å²) in [5.41, 5.74) is 0. The maximum atomic E-state index is 10.6. The zero-order chi connectivity index (χ0) is 11.8. The van der Waals surface area contributed by atoms with Crippen molar-refractivity contribution in [2.24, 2.45) is 17.8 Å². The molecular formula is C12H16N2O3. The number of ether oxygens (including phenoxy) is 1. The van der Waals surface area contributed by atoms with Crippen LogP contribution >= 0.6 is 0 Å². The van der Waals surface area contributed by atoms with Crippen molar-refractivity contribution in [3.05, 3.63) is 12.3 Å². The van der Waals surface area contributed by atoms with E-state index in [1.165, 1.54) is 31.9 Å². The van der Waals surface area contributed by atoms with Crippen molar-refractivity contribution in [1.29, 1.82) is 0 Å². The second kappa shape index (κ2) is 4.05. The number of rotatable bonds is 5. The summed E-state index contributed by atoms with van der Waals surface area (Å²) in [6, 6.07) is 1.60. The molecule has 0 amide bonds. The summed E-state index contributed by atoms with van der Waals surface area (Å²) in [5, 5.41) is 12.6. The zero-order valence-electron chi connectivity index (χ0n) is 9.58. The Kier molecular flexibility index (Phi) is 2.53. The zero-order valence-corrected chi connectivity index (χ0v) is 9.58. The van der Waals surface area contributed by atoms with E-state index in [4.69, 9.17) is 9.84 Å². The maximum Gasteiger partial charge on any atom is 0.432 e. The van der Waals surface area contributed by atoms with Gasteiger partial charge in [0.05, 0.1) is 6.61 Å². The molecule has 1 aromatic rings. The average molecular weight is 236 g/mol. The van der Waals surface area contributed by atoms with Gasteiger partial charge in [0.1, 0.15) is 0 Å². The Morgan fingerprint density at radius 2 is 2.12 bits per heavy atom. The SMILES string of the molecule is O=C(O)n1ccc(OCC(C2CC2)C2CC2)n1. The minimum Gasteiger partial charge on any atom is -0.476 e. The molecule has 0 spiro atoms. The number of carboxylic acid groups (broad SMARTS) is 1. The Morgan fingerprint density at radius 3 is 2.59 bits per heavy atom. The normalized spacial score (nSPS) is 19.6. The number of aromatic nitrogens is 2. The molecule has 0 unspecified atom stereocenters. The Morgan fingerprint density at radius 1 is 1.47 bits per heavy atom. The van der Waals surface area contributed by atoms with Crippen molar-refractivity contribution in [2.75, 3.05) is 6.61 Å². The molecule has 2 saturated carbocycles. The fourth-order valence-corrected chi connectivity index (χ4v) is 2.38. The monoisotopic (exact) mass is 236 g/mol. The first kappa shape index (κ1) is 10.6. The Balaban J connectivity index is 1.56. The molecule has 2 fully saturated rings. The number of hydrogen-bond acceptors (Lipinski definition) is 3. The van der Waals surface area contributed by atoms with E-state index in [0.29, 0.717) is 18.4 Å². The number of carbonyl (C=O) groups is 1. The molecule has 2 aliphatic rings. The van der Waals surface area contributed by atoms with Crippen LogP contribution in [0.4, 0.5) is 4.79 Å². The summed E-state index contributed by atoms with van der Waals surface area (Å²) in [6.07, 6.45) is 5.63. The van der Waals surface area contributed by atoms with Crippen molar-refractivity contribution in [3.63, 3.8) is 0 Å². The molecule has 17 heavy (non-hydrogen) atoms. The van der Waals surface area contributed by atoms with Gasteiger partial charge in [0.15, 0.2) is 0 Å². The van der Waals surface area contributed by atoms with Gasteiger partial charge in [-0.3, -0.25) is 0 Å². The summed E-state index contributed by atoms with van der Waals surface area (Å²) in [7, 11) is 0. The van der Waals surface area contributed by atoms with Crippen LogP contribution in [0.15, 0.2) is 12.3 Å². The van der Waals surface area contributed by atoms with E-state index in [0.717, 1.165) is 16.5 Å². The average Bonchev–Trinajstić information content (AvgIpc) is 3.20. The molecule has 1 heterocycles. The molecule has 0 bridgehead atoms. The highest BCUT2D eigenvalue weighted by Gasteiger charge is 2.41. The van der Waals surface area contributed by atoms with Gasteiger partial charge >= 0.3 is 6.09 Å². The predicted molar refractivity (Wildman–Crippen MR) is 60.1 cm³/mol. The molecule has 5 heteroatoms. The van der Waals surface area contributed by atoms with Crippen LogP contribution in [-0.2, 0) is 0 Å². The molecule has 0 aliphatic heterocycles. The van der Waals surface area contributed by atoms with Crippen LogP contribution in [0.5, 0.6) is 5.88 Å². The Labute approximate surface area is 99.4 Å². The molecule has 0 aromatic carbocycles. The lowest BCUT2D eigenvalue weighted by Crippen LogP contribution is -2.17. The van der Waals surface area contributed by atoms with Gasteiger partial charge in [-0.25, -0.2) is 4.79 Å². The lowest BCUT2D eigenvalue weighted by Gasteiger charge is -2.14. The van der Waals surface area contributed by atoms with Crippen molar-refractivity contribution in [1.82, 2.24) is 9.78 Å². The summed E-state index contributed by atoms with van der Waals surface area (Å²) in [6.45, 7) is 0.686. The van der Waals surface area contributed by atoms with E-state index >= 15 is 0 Å². The molecule has 3 rings (SSSR count). The molecular weight excluding hydrogens is 220 g/mol. The van der Waals surface area contributed by atoms with Crippen LogP contribution in [0.2, 0.25) is 0 Å². The highest BCUT2D eigenvalue weighted by Crippen LogP contribution is 2.49. The van der Waals surface area contributed by atoms with E-state index in [1.54, 1.807) is 6.07 Å². The number of hydrogen-bond donors (Lipinski definition) is 1. The van der Waals surface area contributed by atoms with Gasteiger partial charge in [0.2, 0.25) is 5.88 Å². The lowest BCUT2D eigenvalue weighted by molar-refractivity contribution is 0.187. The predicted octanol–water partition coefficient (Wildman–Crippen LogP) is 2.22. The second-order valence-electron chi connectivity index (χ2n) is 5.03. The molecule has 2 aliphatic carbocycles. The largest absolute Gasteiger partial charge is 0.476 e. The smallest absolute Gasteiger partial charge is 0.432 e. The third-order valence-corrected chi connectivity index (χ3v) is 3.64. The highest BCUT2D eigenvalue weighted by molar-refractivity contribution is 5.66. The summed E-state index contributed by atoms with van der Waals surface area (Å²) >= 11 is 0. The van der Waals surface area contributed by atoms with Crippen LogP contribution in [-0.4, -0.2) is 27.6 Å².